The third kappa shape index (κ3) is 3.17. The van der Waals surface area contributed by atoms with E-state index >= 15 is 0 Å². The van der Waals surface area contributed by atoms with Crippen molar-refractivity contribution >= 4 is 16.0 Å². The molecule has 1 unspecified atom stereocenters. The van der Waals surface area contributed by atoms with Crippen molar-refractivity contribution in [1.29, 1.82) is 0 Å². The Hall–Kier alpha value is -0.660. The van der Waals surface area contributed by atoms with Crippen LogP contribution < -0.4 is 5.73 Å². The van der Waals surface area contributed by atoms with Gasteiger partial charge < -0.3 is 10.5 Å². The van der Waals surface area contributed by atoms with Crippen molar-refractivity contribution in [3.8, 4) is 0 Å². The van der Waals surface area contributed by atoms with Crippen molar-refractivity contribution in [3.63, 3.8) is 0 Å². The molecule has 1 heterocycles. The van der Waals surface area contributed by atoms with Gasteiger partial charge in [0.1, 0.15) is 0 Å². The van der Waals surface area contributed by atoms with Crippen molar-refractivity contribution in [3.05, 3.63) is 0 Å². The van der Waals surface area contributed by atoms with E-state index in [4.69, 9.17) is 5.73 Å². The highest BCUT2D eigenvalue weighted by Crippen LogP contribution is 2.21. The highest BCUT2D eigenvalue weighted by atomic mass is 32.2. The molecule has 0 aromatic carbocycles. The minimum absolute atomic E-state index is 0.384. The maximum atomic E-state index is 12.1. The Morgan fingerprint density at radius 1 is 1.47 bits per heavy atom. The monoisotopic (exact) mass is 264 g/mol. The normalized spacial score (nSPS) is 21.1. The fourth-order valence-corrected chi connectivity index (χ4v) is 3.42. The van der Waals surface area contributed by atoms with Crippen LogP contribution in [0.15, 0.2) is 0 Å². The molecule has 0 aromatic heterocycles. The molecule has 1 rings (SSSR count). The number of esters is 1. The van der Waals surface area contributed by atoms with Crippen LogP contribution in [0.25, 0.3) is 0 Å². The maximum Gasteiger partial charge on any atom is 0.325 e. The number of sulfonamides is 1. The van der Waals surface area contributed by atoms with E-state index in [2.05, 4.69) is 4.74 Å². The van der Waals surface area contributed by atoms with Gasteiger partial charge in [-0.3, -0.25) is 4.79 Å². The molecule has 0 saturated carbocycles. The zero-order valence-electron chi connectivity index (χ0n) is 10.3. The molecule has 1 aliphatic heterocycles. The third-order valence-corrected chi connectivity index (χ3v) is 5.42. The Balaban J connectivity index is 2.69. The number of nitrogens with zero attached hydrogens (tertiary/aromatic N) is 1. The molecule has 6 nitrogen and oxygen atoms in total. The van der Waals surface area contributed by atoms with Gasteiger partial charge in [-0.2, -0.15) is 0 Å². The summed E-state index contributed by atoms with van der Waals surface area (Å²) in [4.78, 5) is 11.3. The van der Waals surface area contributed by atoms with Gasteiger partial charge in [0, 0.05) is 13.1 Å². The number of methoxy groups -OCH3 is 1. The summed E-state index contributed by atoms with van der Waals surface area (Å²) in [5, 5.41) is -1.14. The zero-order chi connectivity index (χ0) is 13.1. The first kappa shape index (κ1) is 14.4. The van der Waals surface area contributed by atoms with Crippen molar-refractivity contribution < 1.29 is 17.9 Å². The summed E-state index contributed by atoms with van der Waals surface area (Å²) in [6.45, 7) is 2.81. The SMILES string of the molecule is COC(=O)C(C)S(=O)(=O)N1CCC(CN)CC1. The van der Waals surface area contributed by atoms with Crippen LogP contribution >= 0.6 is 0 Å². The lowest BCUT2D eigenvalue weighted by Crippen LogP contribution is -2.46. The molecular formula is C10H20N2O4S. The molecule has 0 amide bonds. The summed E-state index contributed by atoms with van der Waals surface area (Å²) in [6, 6.07) is 0. The van der Waals surface area contributed by atoms with Crippen LogP contribution in [0.5, 0.6) is 0 Å². The lowest BCUT2D eigenvalue weighted by Gasteiger charge is -2.31. The Morgan fingerprint density at radius 2 is 2.00 bits per heavy atom. The molecule has 1 fully saturated rings. The highest BCUT2D eigenvalue weighted by molar-refractivity contribution is 7.90. The molecule has 100 valence electrons. The van der Waals surface area contributed by atoms with Gasteiger partial charge in [0.15, 0.2) is 5.25 Å². The van der Waals surface area contributed by atoms with Crippen LogP contribution in [0.3, 0.4) is 0 Å². The number of ether oxygens (including phenoxy) is 1. The second-order valence-corrected chi connectivity index (χ2v) is 6.54. The van der Waals surface area contributed by atoms with Gasteiger partial charge >= 0.3 is 5.97 Å². The molecule has 7 heteroatoms. The summed E-state index contributed by atoms with van der Waals surface area (Å²) in [7, 11) is -2.40. The van der Waals surface area contributed by atoms with Gasteiger partial charge in [0.2, 0.25) is 10.0 Å². The molecular weight excluding hydrogens is 244 g/mol. The Morgan fingerprint density at radius 3 is 2.41 bits per heavy atom. The Bertz CT molecular complexity index is 361. The summed E-state index contributed by atoms with van der Waals surface area (Å²) in [5.41, 5.74) is 5.55. The first-order chi connectivity index (χ1) is 7.93. The standard InChI is InChI=1S/C10H20N2O4S/c1-8(10(13)16-2)17(14,15)12-5-3-9(7-11)4-6-12/h8-9H,3-7,11H2,1-2H3. The van der Waals surface area contributed by atoms with Crippen molar-refractivity contribution in [1.82, 2.24) is 4.31 Å². The summed E-state index contributed by atoms with van der Waals surface area (Å²) in [6.07, 6.45) is 1.51. The fourth-order valence-electron chi connectivity index (χ4n) is 1.91. The van der Waals surface area contributed by atoms with E-state index in [9.17, 15) is 13.2 Å². The second kappa shape index (κ2) is 5.79. The van der Waals surface area contributed by atoms with Gasteiger partial charge in [-0.05, 0) is 32.2 Å². The van der Waals surface area contributed by atoms with Crippen LogP contribution in [-0.4, -0.2) is 50.7 Å². The second-order valence-electron chi connectivity index (χ2n) is 4.29. The van der Waals surface area contributed by atoms with Crippen molar-refractivity contribution in [2.75, 3.05) is 26.7 Å². The van der Waals surface area contributed by atoms with E-state index < -0.39 is 21.2 Å². The molecule has 0 spiro atoms. The van der Waals surface area contributed by atoms with Crippen LogP contribution in [0.2, 0.25) is 0 Å². The predicted molar refractivity (Wildman–Crippen MR) is 63.7 cm³/mol. The number of rotatable bonds is 4. The van der Waals surface area contributed by atoms with Crippen LogP contribution in [0.1, 0.15) is 19.8 Å². The van der Waals surface area contributed by atoms with Crippen molar-refractivity contribution in [2.24, 2.45) is 11.7 Å². The molecule has 1 atom stereocenters. The van der Waals surface area contributed by atoms with E-state index in [0.717, 1.165) is 12.8 Å². The summed E-state index contributed by atoms with van der Waals surface area (Å²) in [5.74, 6) is -0.333. The molecule has 17 heavy (non-hydrogen) atoms. The van der Waals surface area contributed by atoms with Crippen LogP contribution in [0.4, 0.5) is 0 Å². The predicted octanol–water partition coefficient (Wildman–Crippen LogP) is -0.452. The first-order valence-corrected chi connectivity index (χ1v) is 7.20. The van der Waals surface area contributed by atoms with Gasteiger partial charge in [-0.15, -0.1) is 0 Å². The van der Waals surface area contributed by atoms with Gasteiger partial charge in [0.05, 0.1) is 7.11 Å². The lowest BCUT2D eigenvalue weighted by molar-refractivity contribution is -0.139. The smallest absolute Gasteiger partial charge is 0.325 e. The summed E-state index contributed by atoms with van der Waals surface area (Å²) < 4.78 is 30.0. The molecule has 2 N–H and O–H groups in total. The number of carbonyl (C=O) groups is 1. The highest BCUT2D eigenvalue weighted by Gasteiger charge is 2.36. The van der Waals surface area contributed by atoms with E-state index in [1.807, 2.05) is 0 Å². The lowest BCUT2D eigenvalue weighted by atomic mass is 9.99. The topological polar surface area (TPSA) is 89.7 Å². The molecule has 1 saturated heterocycles. The van der Waals surface area contributed by atoms with E-state index in [1.54, 1.807) is 0 Å². The average molecular weight is 264 g/mol. The minimum Gasteiger partial charge on any atom is -0.468 e. The van der Waals surface area contributed by atoms with Gasteiger partial charge in [-0.1, -0.05) is 0 Å². The number of nitrogens with two attached hydrogens (primary N) is 1. The molecule has 1 aliphatic rings. The van der Waals surface area contributed by atoms with Crippen LogP contribution in [-0.2, 0) is 19.6 Å². The minimum atomic E-state index is -3.59. The largest absolute Gasteiger partial charge is 0.468 e. The average Bonchev–Trinajstić information content (AvgIpc) is 2.36. The molecule has 0 aromatic rings. The fraction of sp³-hybridized carbons (Fsp3) is 0.900. The van der Waals surface area contributed by atoms with E-state index in [1.165, 1.54) is 18.3 Å². The van der Waals surface area contributed by atoms with Gasteiger partial charge in [0.25, 0.3) is 0 Å². The van der Waals surface area contributed by atoms with E-state index in [-0.39, 0.29) is 0 Å². The number of piperidine rings is 1. The summed E-state index contributed by atoms with van der Waals surface area (Å²) >= 11 is 0. The molecule has 0 aliphatic carbocycles. The van der Waals surface area contributed by atoms with Crippen LogP contribution in [0, 0.1) is 5.92 Å². The third-order valence-electron chi connectivity index (χ3n) is 3.25. The number of hydrogen-bond donors (Lipinski definition) is 1. The maximum absolute atomic E-state index is 12.1. The Labute approximate surface area is 102 Å². The number of carbonyl (C=O) groups excluding carboxylic acids is 1. The number of hydrogen-bond acceptors (Lipinski definition) is 5. The van der Waals surface area contributed by atoms with E-state index in [0.29, 0.717) is 25.6 Å². The molecule has 0 radical (unpaired) electrons. The zero-order valence-corrected chi connectivity index (χ0v) is 11.1. The van der Waals surface area contributed by atoms with Crippen molar-refractivity contribution in [2.45, 2.75) is 25.0 Å². The van der Waals surface area contributed by atoms with Gasteiger partial charge in [-0.25, -0.2) is 12.7 Å². The molecule has 0 bridgehead atoms. The quantitative estimate of drug-likeness (QED) is 0.694. The Kier molecular flexibility index (Phi) is 4.91. The first-order valence-electron chi connectivity index (χ1n) is 5.70.